The SMILES string of the molecule is C=CCN1C(=O)C2(c3ccccc31)C(C(=O)c1ccccc1)C2c1ccc(C)cc1. The molecule has 1 spiro atoms. The highest BCUT2D eigenvalue weighted by atomic mass is 16.2. The predicted molar refractivity (Wildman–Crippen MR) is 119 cm³/mol. The lowest BCUT2D eigenvalue weighted by molar-refractivity contribution is -0.120. The number of para-hydroxylation sites is 1. The Bertz CT molecular complexity index is 1150. The van der Waals surface area contributed by atoms with E-state index in [1.165, 1.54) is 0 Å². The van der Waals surface area contributed by atoms with Crippen LogP contribution in [-0.4, -0.2) is 18.2 Å². The van der Waals surface area contributed by atoms with Crippen molar-refractivity contribution in [2.24, 2.45) is 5.92 Å². The van der Waals surface area contributed by atoms with Gasteiger partial charge >= 0.3 is 0 Å². The van der Waals surface area contributed by atoms with Crippen LogP contribution in [0.15, 0.2) is 91.5 Å². The van der Waals surface area contributed by atoms with E-state index in [-0.39, 0.29) is 17.6 Å². The van der Waals surface area contributed by atoms with Crippen LogP contribution >= 0.6 is 0 Å². The number of hydrogen-bond donors (Lipinski definition) is 0. The zero-order valence-corrected chi connectivity index (χ0v) is 16.9. The first-order valence-electron chi connectivity index (χ1n) is 10.3. The van der Waals surface area contributed by atoms with E-state index in [0.29, 0.717) is 12.1 Å². The van der Waals surface area contributed by atoms with Gasteiger partial charge in [-0.3, -0.25) is 9.59 Å². The van der Waals surface area contributed by atoms with Gasteiger partial charge in [-0.2, -0.15) is 0 Å². The van der Waals surface area contributed by atoms with Gasteiger partial charge in [0.15, 0.2) is 5.78 Å². The number of rotatable bonds is 5. The number of fused-ring (bicyclic) bond motifs is 2. The van der Waals surface area contributed by atoms with E-state index in [1.807, 2.05) is 61.5 Å². The van der Waals surface area contributed by atoms with E-state index in [0.717, 1.165) is 22.4 Å². The summed E-state index contributed by atoms with van der Waals surface area (Å²) in [5.74, 6) is -0.548. The summed E-state index contributed by atoms with van der Waals surface area (Å²) in [6, 6.07) is 25.4. The molecule has 1 fully saturated rings. The van der Waals surface area contributed by atoms with Crippen molar-refractivity contribution in [2.45, 2.75) is 18.3 Å². The van der Waals surface area contributed by atoms with Crippen LogP contribution in [0.1, 0.15) is 33.0 Å². The Morgan fingerprint density at radius 2 is 1.67 bits per heavy atom. The molecule has 1 aliphatic heterocycles. The van der Waals surface area contributed by atoms with Crippen molar-refractivity contribution in [1.29, 1.82) is 0 Å². The number of nitrogens with zero attached hydrogens (tertiary/aromatic N) is 1. The summed E-state index contributed by atoms with van der Waals surface area (Å²) in [5, 5.41) is 0. The van der Waals surface area contributed by atoms with Crippen LogP contribution in [-0.2, 0) is 10.2 Å². The number of aryl methyl sites for hydroxylation is 1. The highest BCUT2D eigenvalue weighted by molar-refractivity contribution is 6.18. The van der Waals surface area contributed by atoms with Crippen LogP contribution in [0.3, 0.4) is 0 Å². The van der Waals surface area contributed by atoms with Crippen molar-refractivity contribution >= 4 is 17.4 Å². The third kappa shape index (κ3) is 2.45. The maximum absolute atomic E-state index is 13.9. The monoisotopic (exact) mass is 393 g/mol. The molecular formula is C27H23NO2. The minimum atomic E-state index is -0.845. The molecule has 30 heavy (non-hydrogen) atoms. The highest BCUT2D eigenvalue weighted by Gasteiger charge is 2.77. The van der Waals surface area contributed by atoms with Crippen molar-refractivity contribution in [3.8, 4) is 0 Å². The van der Waals surface area contributed by atoms with Crippen LogP contribution in [0.25, 0.3) is 0 Å². The average Bonchev–Trinajstić information content (AvgIpc) is 3.42. The maximum atomic E-state index is 13.9. The summed E-state index contributed by atoms with van der Waals surface area (Å²) in [7, 11) is 0. The van der Waals surface area contributed by atoms with Crippen molar-refractivity contribution in [2.75, 3.05) is 11.4 Å². The van der Waals surface area contributed by atoms with Crippen LogP contribution in [0.2, 0.25) is 0 Å². The first-order chi connectivity index (χ1) is 14.6. The summed E-state index contributed by atoms with van der Waals surface area (Å²) >= 11 is 0. The molecule has 1 saturated carbocycles. The molecule has 3 atom stereocenters. The Hall–Kier alpha value is -3.46. The fourth-order valence-corrected chi connectivity index (χ4v) is 5.18. The van der Waals surface area contributed by atoms with Crippen molar-refractivity contribution in [1.82, 2.24) is 0 Å². The molecule has 1 amide bonds. The van der Waals surface area contributed by atoms with E-state index in [9.17, 15) is 9.59 Å². The van der Waals surface area contributed by atoms with E-state index in [1.54, 1.807) is 11.0 Å². The average molecular weight is 393 g/mol. The molecule has 0 saturated heterocycles. The number of benzene rings is 3. The molecule has 3 unspecified atom stereocenters. The van der Waals surface area contributed by atoms with Gasteiger partial charge in [-0.1, -0.05) is 84.4 Å². The van der Waals surface area contributed by atoms with Gasteiger partial charge in [0, 0.05) is 29.6 Å². The molecule has 3 aromatic carbocycles. The molecule has 0 bridgehead atoms. The van der Waals surface area contributed by atoms with Crippen LogP contribution < -0.4 is 4.90 Å². The lowest BCUT2D eigenvalue weighted by Crippen LogP contribution is -2.34. The molecule has 3 aromatic rings. The molecule has 5 rings (SSSR count). The smallest absolute Gasteiger partial charge is 0.239 e. The van der Waals surface area contributed by atoms with Gasteiger partial charge in [-0.05, 0) is 24.1 Å². The molecule has 3 nitrogen and oxygen atoms in total. The molecule has 1 heterocycles. The van der Waals surface area contributed by atoms with Gasteiger partial charge in [0.05, 0.1) is 5.41 Å². The number of Topliss-reactive ketones (excluding diaryl/α,β-unsaturated/α-hetero) is 1. The molecule has 1 aliphatic carbocycles. The number of anilines is 1. The second-order valence-corrected chi connectivity index (χ2v) is 8.19. The van der Waals surface area contributed by atoms with Gasteiger partial charge in [-0.25, -0.2) is 0 Å². The first kappa shape index (κ1) is 18.6. The second-order valence-electron chi connectivity index (χ2n) is 8.19. The topological polar surface area (TPSA) is 37.4 Å². The zero-order chi connectivity index (χ0) is 20.9. The predicted octanol–water partition coefficient (Wildman–Crippen LogP) is 5.06. The number of ketones is 1. The van der Waals surface area contributed by atoms with Crippen LogP contribution in [0, 0.1) is 12.8 Å². The summed E-state index contributed by atoms with van der Waals surface area (Å²) in [6.45, 7) is 6.31. The Labute approximate surface area is 176 Å². The molecule has 3 heteroatoms. The molecule has 0 radical (unpaired) electrons. The van der Waals surface area contributed by atoms with E-state index < -0.39 is 11.3 Å². The van der Waals surface area contributed by atoms with Gasteiger partial charge in [0.1, 0.15) is 0 Å². The molecular weight excluding hydrogens is 370 g/mol. The first-order valence-corrected chi connectivity index (χ1v) is 10.3. The van der Waals surface area contributed by atoms with Gasteiger partial charge in [0.25, 0.3) is 0 Å². The normalized spacial score (nSPS) is 24.0. The lowest BCUT2D eigenvalue weighted by atomic mass is 9.90. The van der Waals surface area contributed by atoms with Gasteiger partial charge in [0.2, 0.25) is 5.91 Å². The maximum Gasteiger partial charge on any atom is 0.239 e. The summed E-state index contributed by atoms with van der Waals surface area (Å²) in [4.78, 5) is 29.3. The summed E-state index contributed by atoms with van der Waals surface area (Å²) in [5.41, 5.74) is 3.86. The second kappa shape index (κ2) is 6.81. The van der Waals surface area contributed by atoms with Gasteiger partial charge in [-0.15, -0.1) is 6.58 Å². The standard InChI is InChI=1S/C27H23NO2/c1-3-17-28-22-12-8-7-11-21(22)27(26(28)30)23(19-15-13-18(2)14-16-19)24(27)25(29)20-9-5-4-6-10-20/h3-16,23-24H,1,17H2,2H3. The third-order valence-corrected chi connectivity index (χ3v) is 6.53. The van der Waals surface area contributed by atoms with E-state index in [2.05, 4.69) is 30.8 Å². The lowest BCUT2D eigenvalue weighted by Gasteiger charge is -2.16. The quantitative estimate of drug-likeness (QED) is 0.449. The highest BCUT2D eigenvalue weighted by Crippen LogP contribution is 2.71. The Morgan fingerprint density at radius 3 is 2.37 bits per heavy atom. The fourth-order valence-electron chi connectivity index (χ4n) is 5.18. The third-order valence-electron chi connectivity index (χ3n) is 6.53. The number of hydrogen-bond acceptors (Lipinski definition) is 2. The summed E-state index contributed by atoms with van der Waals surface area (Å²) < 4.78 is 0. The Balaban J connectivity index is 1.69. The number of carbonyl (C=O) groups excluding carboxylic acids is 2. The van der Waals surface area contributed by atoms with Crippen LogP contribution in [0.4, 0.5) is 5.69 Å². The zero-order valence-electron chi connectivity index (χ0n) is 16.9. The van der Waals surface area contributed by atoms with E-state index in [4.69, 9.17) is 0 Å². The van der Waals surface area contributed by atoms with Crippen molar-refractivity contribution < 1.29 is 9.59 Å². The number of carbonyl (C=O) groups is 2. The van der Waals surface area contributed by atoms with Crippen molar-refractivity contribution in [3.05, 3.63) is 114 Å². The molecule has 0 N–H and O–H groups in total. The minimum absolute atomic E-state index is 0.00320. The van der Waals surface area contributed by atoms with Crippen molar-refractivity contribution in [3.63, 3.8) is 0 Å². The Morgan fingerprint density at radius 1 is 1.00 bits per heavy atom. The largest absolute Gasteiger partial charge is 0.307 e. The number of amides is 1. The van der Waals surface area contributed by atoms with E-state index >= 15 is 0 Å². The van der Waals surface area contributed by atoms with Crippen LogP contribution in [0.5, 0.6) is 0 Å². The molecule has 148 valence electrons. The molecule has 0 aromatic heterocycles. The fraction of sp³-hybridized carbons (Fsp3) is 0.185. The molecule has 2 aliphatic rings. The minimum Gasteiger partial charge on any atom is -0.307 e. The van der Waals surface area contributed by atoms with Gasteiger partial charge < -0.3 is 4.90 Å². The Kier molecular flexibility index (Phi) is 4.21. The summed E-state index contributed by atoms with van der Waals surface area (Å²) in [6.07, 6.45) is 1.74.